The molecule has 0 heterocycles. The highest BCUT2D eigenvalue weighted by atomic mass is 16.5. The van der Waals surface area contributed by atoms with Crippen LogP contribution in [-0.4, -0.2) is 5.97 Å². The first kappa shape index (κ1) is 17.7. The molecule has 0 amide bonds. The van der Waals surface area contributed by atoms with Crippen LogP contribution in [0.5, 0.6) is 17.2 Å². The molecule has 3 aromatic rings. The molecule has 0 aliphatic heterocycles. The van der Waals surface area contributed by atoms with Gasteiger partial charge in [-0.1, -0.05) is 54.6 Å². The Morgan fingerprint density at radius 2 is 1.66 bits per heavy atom. The van der Waals surface area contributed by atoms with E-state index in [1.807, 2.05) is 42.5 Å². The summed E-state index contributed by atoms with van der Waals surface area (Å²) in [6, 6.07) is 16.0. The molecule has 2 atom stereocenters. The number of hydrogen-bond acceptors (Lipinski definition) is 3. The number of allylic oxidation sites excluding steroid dienone is 2. The normalized spacial score (nSPS) is 18.7. The summed E-state index contributed by atoms with van der Waals surface area (Å²) in [6.07, 6.45) is 5.46. The highest BCUT2D eigenvalue weighted by molar-refractivity contribution is 6.00. The molecular formula is C26H22O3. The SMILES string of the molecule is C=C(C)C(=O)Oc1c2c(c(Oc3ccccc3)c3cc(C)ccc13)C1C=CC2C1. The number of carbonyl (C=O) groups is 1. The van der Waals surface area contributed by atoms with Crippen molar-refractivity contribution in [3.8, 4) is 17.2 Å². The lowest BCUT2D eigenvalue weighted by molar-refractivity contribution is -0.130. The molecule has 144 valence electrons. The third-order valence-electron chi connectivity index (χ3n) is 5.78. The molecule has 0 radical (unpaired) electrons. The van der Waals surface area contributed by atoms with Gasteiger partial charge in [-0.15, -0.1) is 0 Å². The van der Waals surface area contributed by atoms with Gasteiger partial charge in [-0.05, 0) is 38.5 Å². The summed E-state index contributed by atoms with van der Waals surface area (Å²) in [4.78, 5) is 12.4. The topological polar surface area (TPSA) is 35.5 Å². The second-order valence-corrected chi connectivity index (χ2v) is 7.95. The molecular weight excluding hydrogens is 360 g/mol. The fourth-order valence-corrected chi connectivity index (χ4v) is 4.45. The first-order chi connectivity index (χ1) is 14.0. The zero-order valence-electron chi connectivity index (χ0n) is 16.6. The van der Waals surface area contributed by atoms with Crippen molar-refractivity contribution in [3.05, 3.63) is 89.5 Å². The molecule has 3 heteroatoms. The van der Waals surface area contributed by atoms with Gasteiger partial charge in [0.25, 0.3) is 0 Å². The van der Waals surface area contributed by atoms with Crippen molar-refractivity contribution in [2.24, 2.45) is 0 Å². The molecule has 2 bridgehead atoms. The summed E-state index contributed by atoms with van der Waals surface area (Å²) < 4.78 is 12.4. The third-order valence-corrected chi connectivity index (χ3v) is 5.78. The average molecular weight is 382 g/mol. The van der Waals surface area contributed by atoms with Crippen molar-refractivity contribution in [1.82, 2.24) is 0 Å². The van der Waals surface area contributed by atoms with Gasteiger partial charge in [0.2, 0.25) is 0 Å². The first-order valence-electron chi connectivity index (χ1n) is 9.92. The van der Waals surface area contributed by atoms with E-state index in [4.69, 9.17) is 9.47 Å². The van der Waals surface area contributed by atoms with Gasteiger partial charge < -0.3 is 9.47 Å². The van der Waals surface area contributed by atoms with Crippen LogP contribution in [0.2, 0.25) is 0 Å². The van der Waals surface area contributed by atoms with E-state index in [0.29, 0.717) is 11.3 Å². The molecule has 3 aromatic carbocycles. The van der Waals surface area contributed by atoms with Crippen molar-refractivity contribution in [2.45, 2.75) is 32.1 Å². The molecule has 0 saturated carbocycles. The number of aryl methyl sites for hydroxylation is 1. The first-order valence-corrected chi connectivity index (χ1v) is 9.92. The molecule has 3 nitrogen and oxygen atoms in total. The molecule has 0 saturated heterocycles. The largest absolute Gasteiger partial charge is 0.456 e. The van der Waals surface area contributed by atoms with Crippen molar-refractivity contribution < 1.29 is 14.3 Å². The van der Waals surface area contributed by atoms with Crippen LogP contribution < -0.4 is 9.47 Å². The zero-order chi connectivity index (χ0) is 20.1. The van der Waals surface area contributed by atoms with Crippen molar-refractivity contribution >= 4 is 16.7 Å². The number of rotatable bonds is 4. The van der Waals surface area contributed by atoms with E-state index in [1.54, 1.807) is 6.92 Å². The minimum absolute atomic E-state index is 0.242. The Hall–Kier alpha value is -3.33. The molecule has 2 unspecified atom stereocenters. The van der Waals surface area contributed by atoms with E-state index in [2.05, 4.69) is 31.7 Å². The second-order valence-electron chi connectivity index (χ2n) is 7.95. The molecule has 0 aromatic heterocycles. The third kappa shape index (κ3) is 2.85. The van der Waals surface area contributed by atoms with Crippen LogP contribution >= 0.6 is 0 Å². The van der Waals surface area contributed by atoms with Gasteiger partial charge in [-0.25, -0.2) is 4.79 Å². The maximum Gasteiger partial charge on any atom is 0.338 e. The molecule has 0 spiro atoms. The predicted molar refractivity (Wildman–Crippen MR) is 115 cm³/mol. The standard InChI is InChI=1S/C26H22O3/c1-15(2)26(27)29-24-20-12-9-16(3)13-21(20)25(28-19-7-5-4-6-8-19)23-18-11-10-17(14-18)22(23)24/h4-13,17-18H,1,14H2,2-3H3. The van der Waals surface area contributed by atoms with Crippen LogP contribution in [0.4, 0.5) is 0 Å². The maximum absolute atomic E-state index is 12.4. The minimum atomic E-state index is -0.391. The predicted octanol–water partition coefficient (Wildman–Crippen LogP) is 6.56. The van der Waals surface area contributed by atoms with Crippen molar-refractivity contribution in [1.29, 1.82) is 0 Å². The fourth-order valence-electron chi connectivity index (χ4n) is 4.45. The molecule has 0 N–H and O–H groups in total. The quantitative estimate of drug-likeness (QED) is 0.222. The van der Waals surface area contributed by atoms with E-state index >= 15 is 0 Å². The van der Waals surface area contributed by atoms with Crippen LogP contribution in [0, 0.1) is 6.92 Å². The van der Waals surface area contributed by atoms with E-state index in [0.717, 1.165) is 45.4 Å². The highest BCUT2D eigenvalue weighted by Gasteiger charge is 2.40. The van der Waals surface area contributed by atoms with Crippen LogP contribution in [0.25, 0.3) is 10.8 Å². The lowest BCUT2D eigenvalue weighted by Crippen LogP contribution is -2.12. The Balaban J connectivity index is 1.79. The lowest BCUT2D eigenvalue weighted by atomic mass is 9.90. The van der Waals surface area contributed by atoms with Crippen LogP contribution in [0.15, 0.2) is 72.8 Å². The Morgan fingerprint density at radius 3 is 2.34 bits per heavy atom. The molecule has 29 heavy (non-hydrogen) atoms. The monoisotopic (exact) mass is 382 g/mol. The highest BCUT2D eigenvalue weighted by Crippen LogP contribution is 2.58. The number of ether oxygens (including phenoxy) is 2. The summed E-state index contributed by atoms with van der Waals surface area (Å²) >= 11 is 0. The summed E-state index contributed by atoms with van der Waals surface area (Å²) in [6.45, 7) is 7.48. The van der Waals surface area contributed by atoms with Gasteiger partial charge in [-0.3, -0.25) is 0 Å². The number of fused-ring (bicyclic) bond motifs is 6. The molecule has 2 aliphatic carbocycles. The lowest BCUT2D eigenvalue weighted by Gasteiger charge is -2.23. The van der Waals surface area contributed by atoms with E-state index in [1.165, 1.54) is 0 Å². The summed E-state index contributed by atoms with van der Waals surface area (Å²) in [5, 5.41) is 1.87. The fraction of sp³-hybridized carbons (Fsp3) is 0.192. The summed E-state index contributed by atoms with van der Waals surface area (Å²) in [7, 11) is 0. The Morgan fingerprint density at radius 1 is 0.966 bits per heavy atom. The summed E-state index contributed by atoms with van der Waals surface area (Å²) in [5.41, 5.74) is 3.74. The Labute approximate surface area is 170 Å². The minimum Gasteiger partial charge on any atom is -0.456 e. The second kappa shape index (κ2) is 6.63. The smallest absolute Gasteiger partial charge is 0.338 e. The number of hydrogen-bond donors (Lipinski definition) is 0. The van der Waals surface area contributed by atoms with Crippen LogP contribution in [0.1, 0.15) is 41.9 Å². The van der Waals surface area contributed by atoms with Gasteiger partial charge in [0, 0.05) is 39.3 Å². The number of esters is 1. The van der Waals surface area contributed by atoms with Crippen molar-refractivity contribution in [3.63, 3.8) is 0 Å². The Bertz CT molecular complexity index is 1190. The molecule has 2 aliphatic rings. The number of carbonyl (C=O) groups excluding carboxylic acids is 1. The number of benzene rings is 3. The summed E-state index contributed by atoms with van der Waals surface area (Å²) in [5.74, 6) is 2.46. The Kier molecular flexibility index (Phi) is 4.06. The van der Waals surface area contributed by atoms with E-state index in [9.17, 15) is 4.79 Å². The molecule has 5 rings (SSSR count). The van der Waals surface area contributed by atoms with E-state index < -0.39 is 5.97 Å². The van der Waals surface area contributed by atoms with Gasteiger partial charge in [0.15, 0.2) is 0 Å². The maximum atomic E-state index is 12.4. The van der Waals surface area contributed by atoms with Crippen molar-refractivity contribution in [2.75, 3.05) is 0 Å². The van der Waals surface area contributed by atoms with Gasteiger partial charge >= 0.3 is 5.97 Å². The number of para-hydroxylation sites is 1. The van der Waals surface area contributed by atoms with Crippen LogP contribution in [-0.2, 0) is 4.79 Å². The average Bonchev–Trinajstić information content (AvgIpc) is 3.33. The van der Waals surface area contributed by atoms with Gasteiger partial charge in [0.1, 0.15) is 17.2 Å². The van der Waals surface area contributed by atoms with E-state index in [-0.39, 0.29) is 11.8 Å². The zero-order valence-corrected chi connectivity index (χ0v) is 16.6. The van der Waals surface area contributed by atoms with Gasteiger partial charge in [-0.2, -0.15) is 0 Å². The van der Waals surface area contributed by atoms with Gasteiger partial charge in [0.05, 0.1) is 0 Å². The molecule has 0 fully saturated rings. The van der Waals surface area contributed by atoms with Crippen LogP contribution in [0.3, 0.4) is 0 Å².